The molecule has 0 bridgehead atoms. The highest BCUT2D eigenvalue weighted by molar-refractivity contribution is 5.89. The summed E-state index contributed by atoms with van der Waals surface area (Å²) in [5, 5.41) is 7.52. The normalized spacial score (nSPS) is 32.9. The zero-order chi connectivity index (χ0) is 13.7. The van der Waals surface area contributed by atoms with Crippen LogP contribution in [0.15, 0.2) is 5.10 Å². The van der Waals surface area contributed by atoms with Gasteiger partial charge < -0.3 is 5.32 Å². The number of amides is 1. The molecule has 3 unspecified atom stereocenters. The second-order valence-corrected chi connectivity index (χ2v) is 5.64. The number of hydrogen-bond donors (Lipinski definition) is 2. The summed E-state index contributed by atoms with van der Waals surface area (Å²) in [7, 11) is 0. The molecule has 2 aliphatic rings. The fourth-order valence-corrected chi connectivity index (χ4v) is 2.89. The van der Waals surface area contributed by atoms with Crippen LogP contribution in [0.4, 0.5) is 4.39 Å². The van der Waals surface area contributed by atoms with Gasteiger partial charge in [-0.1, -0.05) is 19.3 Å². The van der Waals surface area contributed by atoms with E-state index in [9.17, 15) is 9.18 Å². The summed E-state index contributed by atoms with van der Waals surface area (Å²) in [6, 6.07) is 0.251. The quantitative estimate of drug-likeness (QED) is 0.609. The first-order valence-corrected chi connectivity index (χ1v) is 7.40. The molecule has 19 heavy (non-hydrogen) atoms. The third kappa shape index (κ3) is 4.00. The van der Waals surface area contributed by atoms with Crippen molar-refractivity contribution in [1.29, 1.82) is 0 Å². The molecule has 1 saturated carbocycles. The Balaban J connectivity index is 1.84. The maximum Gasteiger partial charge on any atom is 0.246 e. The molecule has 108 valence electrons. The highest BCUT2D eigenvalue weighted by Gasteiger charge is 2.30. The second-order valence-electron chi connectivity index (χ2n) is 5.64. The van der Waals surface area contributed by atoms with E-state index in [2.05, 4.69) is 15.8 Å². The van der Waals surface area contributed by atoms with E-state index in [1.807, 2.05) is 6.92 Å². The van der Waals surface area contributed by atoms with Crippen molar-refractivity contribution in [3.63, 3.8) is 0 Å². The number of nitrogens with zero attached hydrogens (tertiary/aromatic N) is 1. The molecular formula is C14H24FN3O. The van der Waals surface area contributed by atoms with E-state index in [1.165, 1.54) is 12.8 Å². The van der Waals surface area contributed by atoms with Crippen LogP contribution < -0.4 is 10.7 Å². The Hall–Kier alpha value is -0.970. The minimum absolute atomic E-state index is 0.251. The van der Waals surface area contributed by atoms with Crippen molar-refractivity contribution in [2.75, 3.05) is 6.54 Å². The molecule has 5 heteroatoms. The Bertz CT molecular complexity index is 340. The Morgan fingerprint density at radius 1 is 1.21 bits per heavy atom. The highest BCUT2D eigenvalue weighted by atomic mass is 19.1. The van der Waals surface area contributed by atoms with Crippen LogP contribution in [-0.4, -0.2) is 30.4 Å². The molecule has 3 atom stereocenters. The first-order valence-electron chi connectivity index (χ1n) is 7.40. The lowest BCUT2D eigenvalue weighted by molar-refractivity contribution is -0.128. The van der Waals surface area contributed by atoms with Crippen LogP contribution in [0.3, 0.4) is 0 Å². The monoisotopic (exact) mass is 269 g/mol. The van der Waals surface area contributed by atoms with Gasteiger partial charge in [-0.2, -0.15) is 5.10 Å². The van der Waals surface area contributed by atoms with Crippen LogP contribution >= 0.6 is 0 Å². The van der Waals surface area contributed by atoms with Crippen molar-refractivity contribution < 1.29 is 9.18 Å². The number of alkyl halides is 1. The number of rotatable bonds is 3. The highest BCUT2D eigenvalue weighted by Crippen LogP contribution is 2.26. The van der Waals surface area contributed by atoms with Crippen molar-refractivity contribution in [2.45, 2.75) is 64.1 Å². The first-order chi connectivity index (χ1) is 9.18. The lowest BCUT2D eigenvalue weighted by Crippen LogP contribution is -2.41. The maximum atomic E-state index is 13.7. The van der Waals surface area contributed by atoms with Gasteiger partial charge in [-0.05, 0) is 39.2 Å². The van der Waals surface area contributed by atoms with Gasteiger partial charge in [-0.25, -0.2) is 9.82 Å². The van der Waals surface area contributed by atoms with Crippen molar-refractivity contribution in [1.82, 2.24) is 10.7 Å². The number of hydrazone groups is 1. The number of halogens is 1. The molecule has 1 aliphatic heterocycles. The van der Waals surface area contributed by atoms with Crippen LogP contribution in [0.2, 0.25) is 0 Å². The smallest absolute Gasteiger partial charge is 0.246 e. The molecule has 0 aromatic carbocycles. The van der Waals surface area contributed by atoms with Crippen LogP contribution in [0.5, 0.6) is 0 Å². The predicted molar refractivity (Wildman–Crippen MR) is 73.7 cm³/mol. The van der Waals surface area contributed by atoms with Gasteiger partial charge in [-0.15, -0.1) is 0 Å². The number of nitrogens with one attached hydrogen (secondary N) is 2. The van der Waals surface area contributed by atoms with Crippen molar-refractivity contribution in [2.24, 2.45) is 11.0 Å². The topological polar surface area (TPSA) is 53.5 Å². The predicted octanol–water partition coefficient (Wildman–Crippen LogP) is 2.15. The zero-order valence-corrected chi connectivity index (χ0v) is 11.6. The molecule has 0 aromatic rings. The molecule has 2 fully saturated rings. The first kappa shape index (κ1) is 14.4. The van der Waals surface area contributed by atoms with E-state index >= 15 is 0 Å². The standard InChI is InChI=1S/C14H24FN3O/c1-10(13-8-4-5-9-16-13)17-18-14(19)11-6-2-3-7-12(11)15/h11-13,16H,2-9H2,1H3,(H,18,19)/b17-10+. The van der Waals surface area contributed by atoms with Crippen LogP contribution in [-0.2, 0) is 4.79 Å². The summed E-state index contributed by atoms with van der Waals surface area (Å²) in [5.41, 5.74) is 3.44. The fraction of sp³-hybridized carbons (Fsp3) is 0.857. The molecule has 0 radical (unpaired) electrons. The van der Waals surface area contributed by atoms with Crippen molar-refractivity contribution >= 4 is 11.6 Å². The number of carbonyl (C=O) groups excluding carboxylic acids is 1. The Morgan fingerprint density at radius 2 is 1.95 bits per heavy atom. The van der Waals surface area contributed by atoms with E-state index < -0.39 is 12.1 Å². The lowest BCUT2D eigenvalue weighted by atomic mass is 9.87. The van der Waals surface area contributed by atoms with Crippen molar-refractivity contribution in [3.8, 4) is 0 Å². The average Bonchev–Trinajstić information content (AvgIpc) is 2.46. The van der Waals surface area contributed by atoms with Gasteiger partial charge >= 0.3 is 0 Å². The fourth-order valence-electron chi connectivity index (χ4n) is 2.89. The van der Waals surface area contributed by atoms with E-state index in [4.69, 9.17) is 0 Å². The average molecular weight is 269 g/mol. The van der Waals surface area contributed by atoms with Crippen molar-refractivity contribution in [3.05, 3.63) is 0 Å². The summed E-state index contributed by atoms with van der Waals surface area (Å²) >= 11 is 0. The molecule has 1 amide bonds. The third-order valence-electron chi connectivity index (χ3n) is 4.18. The Labute approximate surface area is 114 Å². The molecule has 0 spiro atoms. The minimum Gasteiger partial charge on any atom is -0.309 e. The molecule has 1 heterocycles. The molecular weight excluding hydrogens is 245 g/mol. The maximum absolute atomic E-state index is 13.7. The molecule has 2 rings (SSSR count). The van der Waals surface area contributed by atoms with Crippen LogP contribution in [0.25, 0.3) is 0 Å². The lowest BCUT2D eigenvalue weighted by Gasteiger charge is -2.25. The van der Waals surface area contributed by atoms with E-state index in [1.54, 1.807) is 0 Å². The van der Waals surface area contributed by atoms with Gasteiger partial charge in [0.05, 0.1) is 11.6 Å². The number of hydrogen-bond acceptors (Lipinski definition) is 3. The van der Waals surface area contributed by atoms with E-state index in [-0.39, 0.29) is 11.9 Å². The van der Waals surface area contributed by atoms with E-state index in [0.29, 0.717) is 12.8 Å². The largest absolute Gasteiger partial charge is 0.309 e. The molecule has 2 N–H and O–H groups in total. The third-order valence-corrected chi connectivity index (χ3v) is 4.18. The summed E-state index contributed by atoms with van der Waals surface area (Å²) < 4.78 is 13.7. The van der Waals surface area contributed by atoms with Gasteiger partial charge in [0.25, 0.3) is 0 Å². The molecule has 4 nitrogen and oxygen atoms in total. The SMILES string of the molecule is C/C(=N\NC(=O)C1CCCCC1F)C1CCCCN1. The minimum atomic E-state index is -1.00. The zero-order valence-electron chi connectivity index (χ0n) is 11.6. The summed E-state index contributed by atoms with van der Waals surface area (Å²) in [6.07, 6.45) is 5.41. The van der Waals surface area contributed by atoms with E-state index in [0.717, 1.165) is 31.5 Å². The Kier molecular flexibility index (Phi) is 5.31. The number of carbonyl (C=O) groups is 1. The summed E-state index contributed by atoms with van der Waals surface area (Å²) in [5.74, 6) is -0.771. The van der Waals surface area contributed by atoms with Crippen LogP contribution in [0.1, 0.15) is 51.9 Å². The Morgan fingerprint density at radius 3 is 2.63 bits per heavy atom. The summed E-state index contributed by atoms with van der Waals surface area (Å²) in [4.78, 5) is 11.9. The van der Waals surface area contributed by atoms with Gasteiger partial charge in [0.2, 0.25) is 5.91 Å². The van der Waals surface area contributed by atoms with Crippen LogP contribution in [0, 0.1) is 5.92 Å². The number of piperidine rings is 1. The molecule has 0 aromatic heterocycles. The van der Waals surface area contributed by atoms with Gasteiger partial charge in [0.15, 0.2) is 0 Å². The van der Waals surface area contributed by atoms with Gasteiger partial charge in [0, 0.05) is 6.04 Å². The summed E-state index contributed by atoms with van der Waals surface area (Å²) in [6.45, 7) is 2.91. The van der Waals surface area contributed by atoms with Gasteiger partial charge in [0.1, 0.15) is 6.17 Å². The van der Waals surface area contributed by atoms with Gasteiger partial charge in [-0.3, -0.25) is 4.79 Å². The second kappa shape index (κ2) is 6.98. The molecule has 1 aliphatic carbocycles. The molecule has 1 saturated heterocycles.